The van der Waals surface area contributed by atoms with Crippen LogP contribution in [-0.4, -0.2) is 37.1 Å². The molecule has 1 aromatic rings. The second-order valence-electron chi connectivity index (χ2n) is 7.90. The number of hydrogen-bond donors (Lipinski definition) is 0. The van der Waals surface area contributed by atoms with Crippen LogP contribution in [0.4, 0.5) is 5.69 Å². The minimum atomic E-state index is 0.472. The van der Waals surface area contributed by atoms with Crippen molar-refractivity contribution in [1.82, 2.24) is 4.90 Å². The minimum absolute atomic E-state index is 0.472. The van der Waals surface area contributed by atoms with Crippen molar-refractivity contribution in [3.8, 4) is 0 Å². The number of likely N-dealkylation sites (tertiary alicyclic amines) is 1. The Kier molecular flexibility index (Phi) is 4.26. The Labute approximate surface area is 130 Å². The van der Waals surface area contributed by atoms with Gasteiger partial charge in [-0.1, -0.05) is 39.0 Å². The van der Waals surface area contributed by atoms with E-state index in [0.29, 0.717) is 5.41 Å². The highest BCUT2D eigenvalue weighted by molar-refractivity contribution is 5.46. The Morgan fingerprint density at radius 1 is 0.905 bits per heavy atom. The molecule has 21 heavy (non-hydrogen) atoms. The maximum Gasteiger partial charge on any atom is 0.0366 e. The Bertz CT molecular complexity index is 440. The molecule has 2 heterocycles. The number of benzene rings is 1. The summed E-state index contributed by atoms with van der Waals surface area (Å²) in [6, 6.07) is 11.7. The third kappa shape index (κ3) is 3.42. The molecule has 3 rings (SSSR count). The minimum Gasteiger partial charge on any atom is -0.371 e. The van der Waals surface area contributed by atoms with Crippen molar-refractivity contribution in [1.29, 1.82) is 0 Å². The van der Waals surface area contributed by atoms with Crippen molar-refractivity contribution >= 4 is 5.69 Å². The number of nitrogens with zero attached hydrogens (tertiary/aromatic N) is 2. The van der Waals surface area contributed by atoms with E-state index in [1.165, 1.54) is 51.1 Å². The Morgan fingerprint density at radius 3 is 2.14 bits per heavy atom. The van der Waals surface area contributed by atoms with E-state index in [9.17, 15) is 0 Å². The second kappa shape index (κ2) is 6.00. The van der Waals surface area contributed by atoms with Gasteiger partial charge in [0.25, 0.3) is 0 Å². The topological polar surface area (TPSA) is 6.48 Å². The van der Waals surface area contributed by atoms with Crippen LogP contribution in [0.2, 0.25) is 0 Å². The van der Waals surface area contributed by atoms with E-state index in [1.807, 2.05) is 0 Å². The molecule has 1 aromatic carbocycles. The number of anilines is 1. The molecule has 0 amide bonds. The first kappa shape index (κ1) is 14.9. The Balaban J connectivity index is 1.53. The number of rotatable bonds is 2. The fourth-order valence-corrected chi connectivity index (χ4v) is 3.95. The SMILES string of the molecule is CC(C)(C)C1CCN(C2CCN(c3ccccc3)CC2)C1. The molecule has 0 aliphatic carbocycles. The first-order chi connectivity index (χ1) is 10.0. The number of para-hydroxylation sites is 1. The monoisotopic (exact) mass is 286 g/mol. The molecular formula is C19H30N2. The molecule has 0 bridgehead atoms. The van der Waals surface area contributed by atoms with Gasteiger partial charge in [-0.3, -0.25) is 4.90 Å². The van der Waals surface area contributed by atoms with Crippen LogP contribution in [0.5, 0.6) is 0 Å². The highest BCUT2D eigenvalue weighted by Crippen LogP contribution is 2.35. The standard InChI is InChI=1S/C19H30N2/c1-19(2,3)16-9-12-21(15-16)18-10-13-20(14-11-18)17-7-5-4-6-8-17/h4-8,16,18H,9-15H2,1-3H3. The maximum atomic E-state index is 2.78. The summed E-state index contributed by atoms with van der Waals surface area (Å²) < 4.78 is 0. The average molecular weight is 286 g/mol. The molecule has 2 nitrogen and oxygen atoms in total. The van der Waals surface area contributed by atoms with Crippen LogP contribution in [-0.2, 0) is 0 Å². The van der Waals surface area contributed by atoms with Crippen molar-refractivity contribution in [2.75, 3.05) is 31.1 Å². The number of hydrogen-bond acceptors (Lipinski definition) is 2. The van der Waals surface area contributed by atoms with E-state index in [2.05, 4.69) is 60.9 Å². The lowest BCUT2D eigenvalue weighted by Crippen LogP contribution is -2.44. The summed E-state index contributed by atoms with van der Waals surface area (Å²) in [5, 5.41) is 0. The van der Waals surface area contributed by atoms with Crippen LogP contribution in [0, 0.1) is 11.3 Å². The van der Waals surface area contributed by atoms with E-state index >= 15 is 0 Å². The molecule has 2 saturated heterocycles. The molecule has 2 aliphatic rings. The third-order valence-electron chi connectivity index (χ3n) is 5.55. The van der Waals surface area contributed by atoms with Crippen LogP contribution < -0.4 is 4.90 Å². The summed E-state index contributed by atoms with van der Waals surface area (Å²) in [5.74, 6) is 0.879. The lowest BCUT2D eigenvalue weighted by Gasteiger charge is -2.38. The quantitative estimate of drug-likeness (QED) is 0.810. The zero-order valence-electron chi connectivity index (χ0n) is 13.9. The predicted molar refractivity (Wildman–Crippen MR) is 90.8 cm³/mol. The van der Waals surface area contributed by atoms with E-state index < -0.39 is 0 Å². The summed E-state index contributed by atoms with van der Waals surface area (Å²) in [6.45, 7) is 12.3. The van der Waals surface area contributed by atoms with Gasteiger partial charge in [0.1, 0.15) is 0 Å². The Hall–Kier alpha value is -1.02. The van der Waals surface area contributed by atoms with Crippen molar-refractivity contribution in [3.63, 3.8) is 0 Å². The van der Waals surface area contributed by atoms with Gasteiger partial charge in [0.05, 0.1) is 0 Å². The lowest BCUT2D eigenvalue weighted by atomic mass is 9.80. The predicted octanol–water partition coefficient (Wildman–Crippen LogP) is 4.02. The van der Waals surface area contributed by atoms with Gasteiger partial charge < -0.3 is 4.90 Å². The van der Waals surface area contributed by atoms with Crippen LogP contribution in [0.15, 0.2) is 30.3 Å². The van der Waals surface area contributed by atoms with Crippen molar-refractivity contribution in [2.45, 2.75) is 46.1 Å². The summed E-state index contributed by atoms with van der Waals surface area (Å²) in [5.41, 5.74) is 1.87. The van der Waals surface area contributed by atoms with Gasteiger partial charge in [0.2, 0.25) is 0 Å². The smallest absolute Gasteiger partial charge is 0.0366 e. The number of piperidine rings is 1. The van der Waals surface area contributed by atoms with Gasteiger partial charge in [-0.15, -0.1) is 0 Å². The molecule has 0 spiro atoms. The van der Waals surface area contributed by atoms with E-state index in [1.54, 1.807) is 0 Å². The van der Waals surface area contributed by atoms with Gasteiger partial charge in [0.15, 0.2) is 0 Å². The van der Waals surface area contributed by atoms with E-state index in [-0.39, 0.29) is 0 Å². The lowest BCUT2D eigenvalue weighted by molar-refractivity contribution is 0.174. The van der Waals surface area contributed by atoms with Crippen molar-refractivity contribution in [2.24, 2.45) is 11.3 Å². The molecule has 1 atom stereocenters. The van der Waals surface area contributed by atoms with Crippen LogP contribution >= 0.6 is 0 Å². The highest BCUT2D eigenvalue weighted by atomic mass is 15.2. The van der Waals surface area contributed by atoms with E-state index in [4.69, 9.17) is 0 Å². The normalized spacial score (nSPS) is 25.5. The first-order valence-electron chi connectivity index (χ1n) is 8.58. The largest absolute Gasteiger partial charge is 0.371 e. The second-order valence-corrected chi connectivity index (χ2v) is 7.90. The molecule has 2 aliphatic heterocycles. The Morgan fingerprint density at radius 2 is 1.57 bits per heavy atom. The van der Waals surface area contributed by atoms with E-state index in [0.717, 1.165) is 12.0 Å². The van der Waals surface area contributed by atoms with Gasteiger partial charge >= 0.3 is 0 Å². The molecular weight excluding hydrogens is 256 g/mol. The van der Waals surface area contributed by atoms with Gasteiger partial charge in [-0.2, -0.15) is 0 Å². The molecule has 2 fully saturated rings. The molecule has 0 aromatic heterocycles. The first-order valence-corrected chi connectivity index (χ1v) is 8.58. The molecule has 2 heteroatoms. The molecule has 0 N–H and O–H groups in total. The summed E-state index contributed by atoms with van der Waals surface area (Å²) in [7, 11) is 0. The zero-order valence-corrected chi connectivity index (χ0v) is 13.9. The van der Waals surface area contributed by atoms with Crippen LogP contribution in [0.25, 0.3) is 0 Å². The molecule has 116 valence electrons. The van der Waals surface area contributed by atoms with Gasteiger partial charge in [0, 0.05) is 31.4 Å². The third-order valence-corrected chi connectivity index (χ3v) is 5.55. The van der Waals surface area contributed by atoms with Gasteiger partial charge in [-0.25, -0.2) is 0 Å². The summed E-state index contributed by atoms with van der Waals surface area (Å²) >= 11 is 0. The fraction of sp³-hybridized carbons (Fsp3) is 0.684. The van der Waals surface area contributed by atoms with Crippen LogP contribution in [0.1, 0.15) is 40.0 Å². The summed E-state index contributed by atoms with van der Waals surface area (Å²) in [4.78, 5) is 5.33. The zero-order chi connectivity index (χ0) is 14.9. The average Bonchev–Trinajstić information content (AvgIpc) is 2.98. The molecule has 0 saturated carbocycles. The van der Waals surface area contributed by atoms with Gasteiger partial charge in [-0.05, 0) is 49.3 Å². The van der Waals surface area contributed by atoms with Crippen LogP contribution in [0.3, 0.4) is 0 Å². The van der Waals surface area contributed by atoms with Crippen molar-refractivity contribution < 1.29 is 0 Å². The molecule has 1 unspecified atom stereocenters. The fourth-order valence-electron chi connectivity index (χ4n) is 3.95. The molecule has 0 radical (unpaired) electrons. The summed E-state index contributed by atoms with van der Waals surface area (Å²) in [6.07, 6.45) is 4.04. The highest BCUT2D eigenvalue weighted by Gasteiger charge is 2.35. The van der Waals surface area contributed by atoms with Crippen molar-refractivity contribution in [3.05, 3.63) is 30.3 Å². The maximum absolute atomic E-state index is 2.78.